The molecule has 0 fully saturated rings. The molecular weight excluding hydrogens is 416 g/mol. The molecule has 0 atom stereocenters. The van der Waals surface area contributed by atoms with Crippen molar-refractivity contribution < 1.29 is 14.3 Å². The van der Waals surface area contributed by atoms with E-state index in [1.165, 1.54) is 11.0 Å². The zero-order valence-electron chi connectivity index (χ0n) is 19.5. The lowest BCUT2D eigenvalue weighted by Gasteiger charge is -2.20. The summed E-state index contributed by atoms with van der Waals surface area (Å²) in [6.45, 7) is 6.29. The normalized spacial score (nSPS) is 10.9. The number of para-hydroxylation sites is 3. The number of aryl methyl sites for hydroxylation is 1. The summed E-state index contributed by atoms with van der Waals surface area (Å²) in [5.41, 5.74) is 4.20. The topological polar surface area (TPSA) is 76.5 Å². The third-order valence-electron chi connectivity index (χ3n) is 5.26. The van der Waals surface area contributed by atoms with E-state index in [-0.39, 0.29) is 18.4 Å². The number of amides is 2. The fraction of sp³-hybridized carbons (Fsp3) is 0.269. The first-order valence-electron chi connectivity index (χ1n) is 11.0. The molecule has 33 heavy (non-hydrogen) atoms. The van der Waals surface area contributed by atoms with E-state index in [2.05, 4.69) is 10.4 Å². The Balaban J connectivity index is 1.73. The minimum absolute atomic E-state index is 0.0453. The van der Waals surface area contributed by atoms with Crippen molar-refractivity contribution in [2.24, 2.45) is 0 Å². The fourth-order valence-electron chi connectivity index (χ4n) is 3.62. The molecule has 1 N–H and O–H groups in total. The van der Waals surface area contributed by atoms with Gasteiger partial charge in [-0.3, -0.25) is 9.59 Å². The van der Waals surface area contributed by atoms with Crippen LogP contribution < -0.4 is 10.1 Å². The van der Waals surface area contributed by atoms with E-state index in [0.717, 1.165) is 29.1 Å². The molecule has 172 valence electrons. The second kappa shape index (κ2) is 11.1. The number of nitrogens with one attached hydrogen (secondary N) is 1. The summed E-state index contributed by atoms with van der Waals surface area (Å²) in [7, 11) is 1.55. The predicted molar refractivity (Wildman–Crippen MR) is 131 cm³/mol. The van der Waals surface area contributed by atoms with Crippen LogP contribution in [0.25, 0.3) is 11.8 Å². The summed E-state index contributed by atoms with van der Waals surface area (Å²) in [5.74, 6) is 0.0674. The number of nitrogens with zero attached hydrogens (tertiary/aromatic N) is 3. The number of carbonyl (C=O) groups excluding carboxylic acids is 2. The molecule has 0 radical (unpaired) electrons. The van der Waals surface area contributed by atoms with Crippen molar-refractivity contribution >= 4 is 23.6 Å². The zero-order valence-corrected chi connectivity index (χ0v) is 19.5. The first-order valence-corrected chi connectivity index (χ1v) is 11.0. The van der Waals surface area contributed by atoms with Gasteiger partial charge in [-0.2, -0.15) is 5.10 Å². The SMILES string of the molecule is CCCN(CC(=O)Nc1ccccc1OC)C(=O)/C=C/c1c(C)nn(-c2ccccc2)c1C. The van der Waals surface area contributed by atoms with Crippen molar-refractivity contribution in [2.75, 3.05) is 25.5 Å². The van der Waals surface area contributed by atoms with Crippen molar-refractivity contribution in [3.63, 3.8) is 0 Å². The number of methoxy groups -OCH3 is 1. The molecule has 3 rings (SSSR count). The summed E-state index contributed by atoms with van der Waals surface area (Å²) < 4.78 is 7.14. The minimum Gasteiger partial charge on any atom is -0.495 e. The van der Waals surface area contributed by atoms with Crippen molar-refractivity contribution in [1.29, 1.82) is 0 Å². The van der Waals surface area contributed by atoms with Crippen LogP contribution in [0.4, 0.5) is 5.69 Å². The largest absolute Gasteiger partial charge is 0.495 e. The molecule has 0 bridgehead atoms. The number of hydrogen-bond acceptors (Lipinski definition) is 4. The number of ether oxygens (including phenoxy) is 1. The van der Waals surface area contributed by atoms with Gasteiger partial charge in [0, 0.05) is 23.9 Å². The maximum Gasteiger partial charge on any atom is 0.247 e. The van der Waals surface area contributed by atoms with E-state index in [4.69, 9.17) is 4.74 Å². The van der Waals surface area contributed by atoms with Gasteiger partial charge in [-0.1, -0.05) is 37.3 Å². The molecule has 2 amide bonds. The van der Waals surface area contributed by atoms with Crippen LogP contribution in [0.15, 0.2) is 60.7 Å². The van der Waals surface area contributed by atoms with Crippen molar-refractivity contribution in [3.05, 3.63) is 77.6 Å². The van der Waals surface area contributed by atoms with Crippen LogP contribution in [0.3, 0.4) is 0 Å². The van der Waals surface area contributed by atoms with Crippen LogP contribution in [-0.4, -0.2) is 46.7 Å². The van der Waals surface area contributed by atoms with E-state index in [9.17, 15) is 9.59 Å². The Morgan fingerprint density at radius 3 is 2.48 bits per heavy atom. The van der Waals surface area contributed by atoms with Gasteiger partial charge >= 0.3 is 0 Å². The molecule has 0 aliphatic carbocycles. The van der Waals surface area contributed by atoms with Gasteiger partial charge in [0.15, 0.2) is 0 Å². The molecular formula is C26H30N4O3. The Kier molecular flexibility index (Phi) is 8.02. The summed E-state index contributed by atoms with van der Waals surface area (Å²) in [5, 5.41) is 7.44. The van der Waals surface area contributed by atoms with Gasteiger partial charge in [0.2, 0.25) is 11.8 Å². The van der Waals surface area contributed by atoms with Gasteiger partial charge < -0.3 is 15.0 Å². The molecule has 0 saturated heterocycles. The van der Waals surface area contributed by atoms with Crippen LogP contribution >= 0.6 is 0 Å². The lowest BCUT2D eigenvalue weighted by molar-refractivity contribution is -0.130. The van der Waals surface area contributed by atoms with E-state index < -0.39 is 0 Å². The summed E-state index contributed by atoms with van der Waals surface area (Å²) in [4.78, 5) is 27.1. The number of hydrogen-bond donors (Lipinski definition) is 1. The fourth-order valence-corrected chi connectivity index (χ4v) is 3.62. The highest BCUT2D eigenvalue weighted by atomic mass is 16.5. The van der Waals surface area contributed by atoms with Gasteiger partial charge in [0.25, 0.3) is 0 Å². The van der Waals surface area contributed by atoms with Crippen LogP contribution in [0, 0.1) is 13.8 Å². The van der Waals surface area contributed by atoms with Gasteiger partial charge in [0.1, 0.15) is 12.3 Å². The number of carbonyl (C=O) groups is 2. The van der Waals surface area contributed by atoms with Gasteiger partial charge in [-0.25, -0.2) is 4.68 Å². The van der Waals surface area contributed by atoms with Gasteiger partial charge in [-0.05, 0) is 50.6 Å². The van der Waals surface area contributed by atoms with Crippen LogP contribution in [-0.2, 0) is 9.59 Å². The Morgan fingerprint density at radius 1 is 1.09 bits per heavy atom. The predicted octanol–water partition coefficient (Wildman–Crippen LogP) is 4.39. The lowest BCUT2D eigenvalue weighted by atomic mass is 10.1. The number of rotatable bonds is 9. The maximum absolute atomic E-state index is 12.9. The standard InChI is InChI=1S/C26H30N4O3/c1-5-17-29(18-25(31)27-23-13-9-10-14-24(23)33-4)26(32)16-15-22-19(2)28-30(20(22)3)21-11-7-6-8-12-21/h6-16H,5,17-18H2,1-4H3,(H,27,31)/b16-15+. The zero-order chi connectivity index (χ0) is 23.8. The Labute approximate surface area is 194 Å². The quantitative estimate of drug-likeness (QED) is 0.495. The van der Waals surface area contributed by atoms with E-state index in [1.807, 2.05) is 67.9 Å². The minimum atomic E-state index is -0.279. The first kappa shape index (κ1) is 23.8. The average molecular weight is 447 g/mol. The van der Waals surface area contributed by atoms with Crippen molar-refractivity contribution in [2.45, 2.75) is 27.2 Å². The van der Waals surface area contributed by atoms with Crippen LogP contribution in [0.2, 0.25) is 0 Å². The highest BCUT2D eigenvalue weighted by molar-refractivity contribution is 5.98. The Morgan fingerprint density at radius 2 is 1.79 bits per heavy atom. The molecule has 0 spiro atoms. The second-order valence-corrected chi connectivity index (χ2v) is 7.67. The van der Waals surface area contributed by atoms with Crippen LogP contribution in [0.5, 0.6) is 5.75 Å². The summed E-state index contributed by atoms with van der Waals surface area (Å²) in [6, 6.07) is 17.0. The van der Waals surface area contributed by atoms with Gasteiger partial charge in [-0.15, -0.1) is 0 Å². The first-order chi connectivity index (χ1) is 15.9. The molecule has 3 aromatic rings. The molecule has 0 aliphatic heterocycles. The second-order valence-electron chi connectivity index (χ2n) is 7.67. The molecule has 0 unspecified atom stereocenters. The smallest absolute Gasteiger partial charge is 0.247 e. The molecule has 2 aromatic carbocycles. The van der Waals surface area contributed by atoms with Crippen LogP contribution in [0.1, 0.15) is 30.3 Å². The molecule has 0 aliphatic rings. The highest BCUT2D eigenvalue weighted by Crippen LogP contribution is 2.23. The highest BCUT2D eigenvalue weighted by Gasteiger charge is 2.17. The number of anilines is 1. The van der Waals surface area contributed by atoms with E-state index >= 15 is 0 Å². The Bertz CT molecular complexity index is 1140. The molecule has 7 heteroatoms. The van der Waals surface area contributed by atoms with E-state index in [1.54, 1.807) is 25.3 Å². The molecule has 7 nitrogen and oxygen atoms in total. The summed E-state index contributed by atoms with van der Waals surface area (Å²) in [6.07, 6.45) is 4.03. The number of benzene rings is 2. The van der Waals surface area contributed by atoms with Crippen molar-refractivity contribution in [3.8, 4) is 11.4 Å². The lowest BCUT2D eigenvalue weighted by Crippen LogP contribution is -2.37. The molecule has 0 saturated carbocycles. The monoisotopic (exact) mass is 446 g/mol. The summed E-state index contributed by atoms with van der Waals surface area (Å²) >= 11 is 0. The maximum atomic E-state index is 12.9. The average Bonchev–Trinajstić information content (AvgIpc) is 3.11. The third kappa shape index (κ3) is 5.88. The number of aromatic nitrogens is 2. The van der Waals surface area contributed by atoms with Crippen molar-refractivity contribution in [1.82, 2.24) is 14.7 Å². The molecule has 1 aromatic heterocycles. The van der Waals surface area contributed by atoms with E-state index in [0.29, 0.717) is 18.0 Å². The third-order valence-corrected chi connectivity index (χ3v) is 5.26. The Hall–Kier alpha value is -3.87. The molecule has 1 heterocycles. The van der Waals surface area contributed by atoms with Gasteiger partial charge in [0.05, 0.1) is 24.2 Å².